The number of rotatable bonds is 2. The second-order valence-corrected chi connectivity index (χ2v) is 7.62. The predicted octanol–water partition coefficient (Wildman–Crippen LogP) is 2.89. The number of fused-ring (bicyclic) bond motifs is 2. The Bertz CT molecular complexity index is 1150. The highest BCUT2D eigenvalue weighted by atomic mass is 32.2. The molecule has 0 radical (unpaired) electrons. The van der Waals surface area contributed by atoms with E-state index in [0.717, 1.165) is 16.3 Å². The summed E-state index contributed by atoms with van der Waals surface area (Å²) in [5.41, 5.74) is 0.839. The molecule has 0 aromatic heterocycles. The minimum Gasteiger partial charge on any atom is -0.333 e. The maximum atomic E-state index is 12.5. The van der Waals surface area contributed by atoms with E-state index < -0.39 is 22.0 Å². The van der Waals surface area contributed by atoms with Gasteiger partial charge in [-0.15, -0.1) is 4.31 Å². The van der Waals surface area contributed by atoms with E-state index >= 15 is 0 Å². The summed E-state index contributed by atoms with van der Waals surface area (Å²) in [6.45, 7) is 0.107. The van der Waals surface area contributed by atoms with Gasteiger partial charge in [-0.05, 0) is 28.5 Å². The molecule has 0 saturated heterocycles. The molecule has 1 aliphatic heterocycles. The molecule has 3 aromatic carbocycles. The third kappa shape index (κ3) is 2.44. The third-order valence-electron chi connectivity index (χ3n) is 4.31. The summed E-state index contributed by atoms with van der Waals surface area (Å²) in [5, 5.41) is 4.50. The first kappa shape index (κ1) is 16.3. The van der Waals surface area contributed by atoms with Crippen molar-refractivity contribution in [2.75, 3.05) is 0 Å². The molecule has 0 aliphatic carbocycles. The summed E-state index contributed by atoms with van der Waals surface area (Å²) < 4.78 is 25.3. The van der Waals surface area contributed by atoms with Gasteiger partial charge in [0.05, 0.1) is 5.56 Å². The molecular formula is C19H14N2O4S. The molecule has 3 amide bonds. The molecular weight excluding hydrogens is 352 g/mol. The fourth-order valence-electron chi connectivity index (χ4n) is 3.08. The summed E-state index contributed by atoms with van der Waals surface area (Å²) in [6.07, 6.45) is 0. The Morgan fingerprint density at radius 3 is 2.42 bits per heavy atom. The summed E-state index contributed by atoms with van der Waals surface area (Å²) in [4.78, 5) is 24.7. The number of hydrogen-bond acceptors (Lipinski definition) is 4. The van der Waals surface area contributed by atoms with Crippen molar-refractivity contribution in [2.45, 2.75) is 11.4 Å². The fourth-order valence-corrected chi connectivity index (χ4v) is 4.56. The first-order valence-electron chi connectivity index (χ1n) is 7.93. The Balaban J connectivity index is 1.61. The van der Waals surface area contributed by atoms with Crippen molar-refractivity contribution < 1.29 is 18.0 Å². The van der Waals surface area contributed by atoms with Gasteiger partial charge in [0.25, 0.3) is 15.9 Å². The topological polar surface area (TPSA) is 83.6 Å². The first-order chi connectivity index (χ1) is 12.5. The van der Waals surface area contributed by atoms with Crippen molar-refractivity contribution >= 4 is 32.7 Å². The highest BCUT2D eigenvalue weighted by molar-refractivity contribution is 7.90. The van der Waals surface area contributed by atoms with Crippen molar-refractivity contribution in [3.63, 3.8) is 0 Å². The maximum Gasteiger partial charge on any atom is 0.339 e. The molecule has 1 N–H and O–H groups in total. The van der Waals surface area contributed by atoms with E-state index in [2.05, 4.69) is 5.32 Å². The fraction of sp³-hybridized carbons (Fsp3) is 0.0526. The molecule has 1 aliphatic rings. The molecule has 3 aromatic rings. The Kier molecular flexibility index (Phi) is 3.73. The van der Waals surface area contributed by atoms with Gasteiger partial charge < -0.3 is 5.32 Å². The number of benzene rings is 3. The highest BCUT2D eigenvalue weighted by Crippen LogP contribution is 2.30. The van der Waals surface area contributed by atoms with Crippen molar-refractivity contribution in [2.24, 2.45) is 0 Å². The average Bonchev–Trinajstić information content (AvgIpc) is 2.86. The zero-order chi connectivity index (χ0) is 18.3. The van der Waals surface area contributed by atoms with Crippen molar-refractivity contribution in [3.05, 3.63) is 77.9 Å². The van der Waals surface area contributed by atoms with E-state index in [-0.39, 0.29) is 17.0 Å². The van der Waals surface area contributed by atoms with Crippen LogP contribution >= 0.6 is 0 Å². The summed E-state index contributed by atoms with van der Waals surface area (Å²) in [7, 11) is -4.17. The van der Waals surface area contributed by atoms with Gasteiger partial charge in [0.15, 0.2) is 0 Å². The molecule has 130 valence electrons. The zero-order valence-corrected chi connectivity index (χ0v) is 14.4. The summed E-state index contributed by atoms with van der Waals surface area (Å²) in [6, 6.07) is 18.2. The second-order valence-electron chi connectivity index (χ2n) is 5.87. The Hall–Kier alpha value is -3.19. The van der Waals surface area contributed by atoms with Gasteiger partial charge in [0, 0.05) is 6.54 Å². The van der Waals surface area contributed by atoms with Crippen LogP contribution in [-0.4, -0.2) is 24.7 Å². The lowest BCUT2D eigenvalue weighted by atomic mass is 10.0. The lowest BCUT2D eigenvalue weighted by Crippen LogP contribution is -2.43. The van der Waals surface area contributed by atoms with Crippen molar-refractivity contribution in [1.82, 2.24) is 9.62 Å². The number of amides is 3. The number of urea groups is 1. The number of imide groups is 1. The van der Waals surface area contributed by atoms with Gasteiger partial charge in [-0.1, -0.05) is 54.6 Å². The van der Waals surface area contributed by atoms with E-state index in [1.165, 1.54) is 18.2 Å². The molecule has 0 spiro atoms. The second kappa shape index (κ2) is 5.96. The van der Waals surface area contributed by atoms with Crippen molar-refractivity contribution in [3.8, 4) is 0 Å². The summed E-state index contributed by atoms with van der Waals surface area (Å²) >= 11 is 0. The molecule has 0 bridgehead atoms. The van der Waals surface area contributed by atoms with Crippen molar-refractivity contribution in [1.29, 1.82) is 0 Å². The number of sulfonamides is 1. The molecule has 1 heterocycles. The van der Waals surface area contributed by atoms with E-state index in [4.69, 9.17) is 0 Å². The van der Waals surface area contributed by atoms with E-state index in [9.17, 15) is 18.0 Å². The van der Waals surface area contributed by atoms with Gasteiger partial charge in [-0.3, -0.25) is 4.79 Å². The molecule has 4 rings (SSSR count). The predicted molar refractivity (Wildman–Crippen MR) is 96.0 cm³/mol. The maximum absolute atomic E-state index is 12.5. The van der Waals surface area contributed by atoms with Crippen LogP contribution in [0.5, 0.6) is 0 Å². The van der Waals surface area contributed by atoms with Gasteiger partial charge in [0.1, 0.15) is 4.90 Å². The minimum atomic E-state index is -4.17. The lowest BCUT2D eigenvalue weighted by Gasteiger charge is -2.15. The number of carbonyl (C=O) groups is 2. The Labute approximate surface area is 150 Å². The van der Waals surface area contributed by atoms with Crippen LogP contribution < -0.4 is 5.32 Å². The normalized spacial score (nSPS) is 15.1. The molecule has 0 saturated carbocycles. The lowest BCUT2D eigenvalue weighted by molar-refractivity contribution is 0.0893. The van der Waals surface area contributed by atoms with E-state index in [1.54, 1.807) is 6.07 Å². The Morgan fingerprint density at radius 2 is 1.62 bits per heavy atom. The monoisotopic (exact) mass is 366 g/mol. The number of carbonyl (C=O) groups excluding carboxylic acids is 2. The van der Waals surface area contributed by atoms with Crippen LogP contribution in [-0.2, 0) is 16.6 Å². The minimum absolute atomic E-state index is 0.00723. The highest BCUT2D eigenvalue weighted by Gasteiger charge is 2.45. The van der Waals surface area contributed by atoms with E-state index in [1.807, 2.05) is 42.5 Å². The van der Waals surface area contributed by atoms with Gasteiger partial charge in [0.2, 0.25) is 0 Å². The summed E-state index contributed by atoms with van der Waals surface area (Å²) in [5.74, 6) is -0.837. The molecule has 26 heavy (non-hydrogen) atoms. The van der Waals surface area contributed by atoms with Crippen LogP contribution in [0.15, 0.2) is 71.6 Å². The van der Waals surface area contributed by atoms with Crippen LogP contribution in [0.2, 0.25) is 0 Å². The SMILES string of the molecule is O=C(NCc1cccc2ccccc12)N1C(=O)c2ccccc2S1(=O)=O. The molecule has 0 unspecified atom stereocenters. The average molecular weight is 366 g/mol. The number of nitrogens with zero attached hydrogens (tertiary/aromatic N) is 1. The third-order valence-corrected chi connectivity index (χ3v) is 6.04. The van der Waals surface area contributed by atoms with Gasteiger partial charge in [-0.2, -0.15) is 0 Å². The number of hydrogen-bond donors (Lipinski definition) is 1. The van der Waals surface area contributed by atoms with E-state index in [0.29, 0.717) is 4.31 Å². The molecule has 0 fully saturated rings. The first-order valence-corrected chi connectivity index (χ1v) is 9.37. The van der Waals surface area contributed by atoms with Crippen LogP contribution in [0.1, 0.15) is 15.9 Å². The van der Waals surface area contributed by atoms with Crippen LogP contribution in [0.3, 0.4) is 0 Å². The van der Waals surface area contributed by atoms with Gasteiger partial charge in [-0.25, -0.2) is 13.2 Å². The smallest absolute Gasteiger partial charge is 0.333 e. The van der Waals surface area contributed by atoms with Crippen LogP contribution in [0, 0.1) is 0 Å². The molecule has 7 heteroatoms. The van der Waals surface area contributed by atoms with Gasteiger partial charge >= 0.3 is 6.03 Å². The quantitative estimate of drug-likeness (QED) is 0.756. The van der Waals surface area contributed by atoms with Crippen LogP contribution in [0.4, 0.5) is 4.79 Å². The molecule has 6 nitrogen and oxygen atoms in total. The van der Waals surface area contributed by atoms with Crippen LogP contribution in [0.25, 0.3) is 10.8 Å². The zero-order valence-electron chi connectivity index (χ0n) is 13.5. The Morgan fingerprint density at radius 1 is 0.923 bits per heavy atom. The largest absolute Gasteiger partial charge is 0.339 e. The standard InChI is InChI=1S/C19H14N2O4S/c22-18-16-10-3-4-11-17(16)26(24,25)21(18)19(23)20-12-14-8-5-7-13-6-1-2-9-15(13)14/h1-11H,12H2,(H,20,23). The number of nitrogens with one attached hydrogen (secondary N) is 1. The molecule has 0 atom stereocenters.